The van der Waals surface area contributed by atoms with Crippen LogP contribution < -0.4 is 11.1 Å². The Balaban J connectivity index is 2.19. The summed E-state index contributed by atoms with van der Waals surface area (Å²) in [5, 5.41) is 14.9. The fourth-order valence-electron chi connectivity index (χ4n) is 2.07. The van der Waals surface area contributed by atoms with Crippen molar-refractivity contribution in [3.63, 3.8) is 0 Å². The van der Waals surface area contributed by atoms with E-state index in [0.717, 1.165) is 13.1 Å². The summed E-state index contributed by atoms with van der Waals surface area (Å²) in [6.45, 7) is 4.90. The Bertz CT molecular complexity index is 232. The van der Waals surface area contributed by atoms with Gasteiger partial charge in [0, 0.05) is 25.0 Å². The van der Waals surface area contributed by atoms with Crippen molar-refractivity contribution in [3.8, 4) is 0 Å². The standard InChI is InChI=1S/C11H24N4O/c1-9(11(12)14-16)7-13-8-10-5-3-4-6-15(10)2/h9-10,13,16H,3-8H2,1-2H3,(H2,12,14). The monoisotopic (exact) mass is 228 g/mol. The number of nitrogens with two attached hydrogens (primary N) is 1. The number of likely N-dealkylation sites (tertiary alicyclic amines) is 1. The predicted molar refractivity (Wildman–Crippen MR) is 65.7 cm³/mol. The van der Waals surface area contributed by atoms with Gasteiger partial charge in [0.2, 0.25) is 0 Å². The molecule has 1 aliphatic heterocycles. The molecule has 0 aromatic carbocycles. The molecule has 0 radical (unpaired) electrons. The number of nitrogens with one attached hydrogen (secondary N) is 1. The Morgan fingerprint density at radius 1 is 1.62 bits per heavy atom. The van der Waals surface area contributed by atoms with Gasteiger partial charge in [-0.25, -0.2) is 0 Å². The molecule has 4 N–H and O–H groups in total. The quantitative estimate of drug-likeness (QED) is 0.276. The summed E-state index contributed by atoms with van der Waals surface area (Å²) < 4.78 is 0. The molecule has 0 spiro atoms. The van der Waals surface area contributed by atoms with Gasteiger partial charge in [-0.2, -0.15) is 0 Å². The third-order valence-corrected chi connectivity index (χ3v) is 3.37. The molecule has 2 unspecified atom stereocenters. The van der Waals surface area contributed by atoms with Crippen molar-refractivity contribution < 1.29 is 5.21 Å². The zero-order chi connectivity index (χ0) is 12.0. The van der Waals surface area contributed by atoms with Crippen molar-refractivity contribution in [2.45, 2.75) is 32.2 Å². The second kappa shape index (κ2) is 6.70. The smallest absolute Gasteiger partial charge is 0.143 e. The number of hydrogen-bond acceptors (Lipinski definition) is 4. The van der Waals surface area contributed by atoms with Gasteiger partial charge in [-0.1, -0.05) is 18.5 Å². The highest BCUT2D eigenvalue weighted by atomic mass is 16.4. The van der Waals surface area contributed by atoms with E-state index in [0.29, 0.717) is 11.9 Å². The number of likely N-dealkylation sites (N-methyl/N-ethyl adjacent to an activating group) is 1. The molecule has 1 rings (SSSR count). The van der Waals surface area contributed by atoms with Gasteiger partial charge < -0.3 is 21.2 Å². The van der Waals surface area contributed by atoms with E-state index in [1.165, 1.54) is 25.8 Å². The first kappa shape index (κ1) is 13.3. The highest BCUT2D eigenvalue weighted by molar-refractivity contribution is 5.82. The van der Waals surface area contributed by atoms with Crippen LogP contribution in [0.25, 0.3) is 0 Å². The summed E-state index contributed by atoms with van der Waals surface area (Å²) in [5.74, 6) is 0.378. The first-order valence-electron chi connectivity index (χ1n) is 6.03. The van der Waals surface area contributed by atoms with Gasteiger partial charge in [-0.15, -0.1) is 0 Å². The largest absolute Gasteiger partial charge is 0.409 e. The summed E-state index contributed by atoms with van der Waals surface area (Å²) in [6.07, 6.45) is 3.90. The molecule has 5 heteroatoms. The van der Waals surface area contributed by atoms with E-state index in [2.05, 4.69) is 22.4 Å². The molecule has 0 aromatic rings. The molecule has 1 heterocycles. The van der Waals surface area contributed by atoms with Crippen molar-refractivity contribution in [1.82, 2.24) is 10.2 Å². The fourth-order valence-corrected chi connectivity index (χ4v) is 2.07. The number of rotatable bonds is 5. The van der Waals surface area contributed by atoms with E-state index in [1.807, 2.05) is 6.92 Å². The van der Waals surface area contributed by atoms with E-state index in [4.69, 9.17) is 10.9 Å². The summed E-state index contributed by atoms with van der Waals surface area (Å²) in [5.41, 5.74) is 5.51. The number of oxime groups is 1. The van der Waals surface area contributed by atoms with Crippen LogP contribution in [0.2, 0.25) is 0 Å². The molecular weight excluding hydrogens is 204 g/mol. The Morgan fingerprint density at radius 2 is 2.38 bits per heavy atom. The molecule has 0 amide bonds. The summed E-state index contributed by atoms with van der Waals surface area (Å²) in [7, 11) is 2.18. The van der Waals surface area contributed by atoms with Crippen LogP contribution in [0.3, 0.4) is 0 Å². The molecule has 1 fully saturated rings. The lowest BCUT2D eigenvalue weighted by Crippen LogP contribution is -2.44. The fraction of sp³-hybridized carbons (Fsp3) is 0.909. The highest BCUT2D eigenvalue weighted by Gasteiger charge is 2.18. The molecule has 5 nitrogen and oxygen atoms in total. The maximum Gasteiger partial charge on any atom is 0.143 e. The molecule has 0 bridgehead atoms. The van der Waals surface area contributed by atoms with Gasteiger partial charge in [0.1, 0.15) is 5.84 Å². The minimum absolute atomic E-state index is 0.0823. The normalized spacial score (nSPS) is 25.6. The Morgan fingerprint density at radius 3 is 3.00 bits per heavy atom. The van der Waals surface area contributed by atoms with Crippen LogP contribution in [0.5, 0.6) is 0 Å². The Labute approximate surface area is 97.7 Å². The van der Waals surface area contributed by atoms with E-state index in [-0.39, 0.29) is 5.92 Å². The summed E-state index contributed by atoms with van der Waals surface area (Å²) >= 11 is 0. The molecule has 2 atom stereocenters. The molecule has 16 heavy (non-hydrogen) atoms. The average molecular weight is 228 g/mol. The van der Waals surface area contributed by atoms with Crippen LogP contribution in [0.15, 0.2) is 5.16 Å². The highest BCUT2D eigenvalue weighted by Crippen LogP contribution is 2.13. The maximum absolute atomic E-state index is 8.52. The van der Waals surface area contributed by atoms with Crippen molar-refractivity contribution >= 4 is 5.84 Å². The van der Waals surface area contributed by atoms with E-state index >= 15 is 0 Å². The lowest BCUT2D eigenvalue weighted by Gasteiger charge is -2.32. The van der Waals surface area contributed by atoms with Crippen LogP contribution in [-0.4, -0.2) is 48.7 Å². The van der Waals surface area contributed by atoms with E-state index in [9.17, 15) is 0 Å². The van der Waals surface area contributed by atoms with Crippen molar-refractivity contribution in [3.05, 3.63) is 0 Å². The lowest BCUT2D eigenvalue weighted by atomic mass is 10.0. The number of piperidine rings is 1. The predicted octanol–water partition coefficient (Wildman–Crippen LogP) is 0.443. The molecule has 0 aromatic heterocycles. The van der Waals surface area contributed by atoms with Crippen LogP contribution in [0.4, 0.5) is 0 Å². The molecule has 0 saturated carbocycles. The molecule has 1 saturated heterocycles. The SMILES string of the molecule is CC(CNCC1CCCCN1C)C(N)=NO. The number of amidine groups is 1. The van der Waals surface area contributed by atoms with Crippen LogP contribution in [0.1, 0.15) is 26.2 Å². The third kappa shape index (κ3) is 3.98. The van der Waals surface area contributed by atoms with Gasteiger partial charge in [0.25, 0.3) is 0 Å². The van der Waals surface area contributed by atoms with E-state index in [1.54, 1.807) is 0 Å². The van der Waals surface area contributed by atoms with Gasteiger partial charge >= 0.3 is 0 Å². The van der Waals surface area contributed by atoms with Gasteiger partial charge in [-0.3, -0.25) is 0 Å². The molecule has 1 aliphatic rings. The van der Waals surface area contributed by atoms with Gasteiger partial charge in [-0.05, 0) is 26.4 Å². The number of hydrogen-bond donors (Lipinski definition) is 3. The van der Waals surface area contributed by atoms with E-state index < -0.39 is 0 Å². The van der Waals surface area contributed by atoms with Gasteiger partial charge in [0.15, 0.2) is 0 Å². The topological polar surface area (TPSA) is 73.9 Å². The van der Waals surface area contributed by atoms with Crippen LogP contribution in [-0.2, 0) is 0 Å². The second-order valence-electron chi connectivity index (χ2n) is 4.71. The Hall–Kier alpha value is -0.810. The zero-order valence-corrected chi connectivity index (χ0v) is 10.3. The number of nitrogens with zero attached hydrogens (tertiary/aromatic N) is 2. The minimum atomic E-state index is 0.0823. The van der Waals surface area contributed by atoms with Crippen LogP contribution in [0, 0.1) is 5.92 Å². The molecule has 94 valence electrons. The minimum Gasteiger partial charge on any atom is -0.409 e. The van der Waals surface area contributed by atoms with Gasteiger partial charge in [0.05, 0.1) is 0 Å². The summed E-state index contributed by atoms with van der Waals surface area (Å²) in [4.78, 5) is 2.41. The van der Waals surface area contributed by atoms with Crippen molar-refractivity contribution in [2.75, 3.05) is 26.7 Å². The van der Waals surface area contributed by atoms with Crippen LogP contribution >= 0.6 is 0 Å². The average Bonchev–Trinajstić information content (AvgIpc) is 2.30. The zero-order valence-electron chi connectivity index (χ0n) is 10.3. The van der Waals surface area contributed by atoms with Crippen molar-refractivity contribution in [1.29, 1.82) is 0 Å². The second-order valence-corrected chi connectivity index (χ2v) is 4.71. The maximum atomic E-state index is 8.52. The third-order valence-electron chi connectivity index (χ3n) is 3.37. The molecule has 0 aliphatic carbocycles. The van der Waals surface area contributed by atoms with Crippen molar-refractivity contribution in [2.24, 2.45) is 16.8 Å². The Kier molecular flexibility index (Phi) is 5.55. The summed E-state index contributed by atoms with van der Waals surface area (Å²) in [6, 6.07) is 0.633. The molecular formula is C11H24N4O. The first-order chi connectivity index (χ1) is 7.65. The first-order valence-corrected chi connectivity index (χ1v) is 6.03. The lowest BCUT2D eigenvalue weighted by molar-refractivity contribution is 0.181.